The van der Waals surface area contributed by atoms with Gasteiger partial charge in [-0.15, -0.1) is 0 Å². The van der Waals surface area contributed by atoms with E-state index in [2.05, 4.69) is 33.4 Å². The summed E-state index contributed by atoms with van der Waals surface area (Å²) in [7, 11) is 2.09. The van der Waals surface area contributed by atoms with Gasteiger partial charge < -0.3 is 10.0 Å². The van der Waals surface area contributed by atoms with E-state index >= 15 is 0 Å². The number of alkyl halides is 2. The molecule has 6 nitrogen and oxygen atoms in total. The van der Waals surface area contributed by atoms with Crippen molar-refractivity contribution < 1.29 is 13.9 Å². The van der Waals surface area contributed by atoms with Crippen molar-refractivity contribution in [1.82, 2.24) is 24.2 Å². The van der Waals surface area contributed by atoms with Crippen LogP contribution in [0, 0.1) is 0 Å². The Balaban J connectivity index is 1.58. The van der Waals surface area contributed by atoms with Crippen molar-refractivity contribution in [1.29, 1.82) is 0 Å². The molecule has 0 saturated carbocycles. The molecule has 0 amide bonds. The lowest BCUT2D eigenvalue weighted by Gasteiger charge is -2.35. The monoisotopic (exact) mass is 465 g/mol. The number of fused-ring (bicyclic) bond motifs is 1. The van der Waals surface area contributed by atoms with Gasteiger partial charge in [0.1, 0.15) is 6.23 Å². The van der Waals surface area contributed by atoms with Crippen molar-refractivity contribution in [3.63, 3.8) is 0 Å². The molecule has 0 radical (unpaired) electrons. The summed E-state index contributed by atoms with van der Waals surface area (Å²) in [5, 5.41) is 10.8. The van der Waals surface area contributed by atoms with Crippen LogP contribution in [0.2, 0.25) is 0 Å². The second-order valence-electron chi connectivity index (χ2n) is 8.50. The lowest BCUT2D eigenvalue weighted by atomic mass is 10.1. The number of rotatable bonds is 7. The third-order valence-electron chi connectivity index (χ3n) is 6.20. The van der Waals surface area contributed by atoms with Crippen LogP contribution in [0.5, 0.6) is 0 Å². The van der Waals surface area contributed by atoms with E-state index < -0.39 is 12.7 Å². The molecule has 34 heavy (non-hydrogen) atoms. The van der Waals surface area contributed by atoms with E-state index in [-0.39, 0.29) is 5.57 Å². The molecule has 3 aromatic rings. The van der Waals surface area contributed by atoms with Gasteiger partial charge in [0.15, 0.2) is 5.65 Å². The summed E-state index contributed by atoms with van der Waals surface area (Å²) in [6.45, 7) is 8.82. The van der Waals surface area contributed by atoms with E-state index in [4.69, 9.17) is 0 Å². The molecule has 1 aliphatic heterocycles. The number of aliphatic hydroxyl groups excluding tert-OH is 1. The minimum Gasteiger partial charge on any atom is -0.374 e. The van der Waals surface area contributed by atoms with Gasteiger partial charge in [0.25, 0.3) is 6.43 Å². The highest BCUT2D eigenvalue weighted by molar-refractivity contribution is 5.67. The Morgan fingerprint density at radius 2 is 1.76 bits per heavy atom. The van der Waals surface area contributed by atoms with Gasteiger partial charge in [-0.2, -0.15) is 0 Å². The van der Waals surface area contributed by atoms with Crippen LogP contribution >= 0.6 is 0 Å². The molecule has 8 heteroatoms. The third kappa shape index (κ3) is 5.14. The van der Waals surface area contributed by atoms with Crippen LogP contribution in [0.1, 0.15) is 24.4 Å². The first-order valence-corrected chi connectivity index (χ1v) is 11.2. The van der Waals surface area contributed by atoms with Gasteiger partial charge in [0.05, 0.1) is 23.8 Å². The molecule has 1 N–H and O–H groups in total. The number of benzene rings is 1. The number of halogens is 2. The molecule has 2 aromatic heterocycles. The zero-order valence-electron chi connectivity index (χ0n) is 19.4. The molecule has 1 aromatic carbocycles. The maximum atomic E-state index is 13.0. The lowest BCUT2D eigenvalue weighted by molar-refractivity contribution is -0.0232. The highest BCUT2D eigenvalue weighted by Gasteiger charge is 2.21. The van der Waals surface area contributed by atoms with E-state index in [0.29, 0.717) is 5.65 Å². The fraction of sp³-hybridized carbons (Fsp3) is 0.308. The molecule has 0 bridgehead atoms. The number of imidazole rings is 1. The fourth-order valence-electron chi connectivity index (χ4n) is 3.97. The highest BCUT2D eigenvalue weighted by atomic mass is 19.3. The average Bonchev–Trinajstić information content (AvgIpc) is 3.27. The molecule has 0 aliphatic carbocycles. The van der Waals surface area contributed by atoms with Gasteiger partial charge in [-0.3, -0.25) is 14.3 Å². The van der Waals surface area contributed by atoms with E-state index in [1.54, 1.807) is 18.5 Å². The van der Waals surface area contributed by atoms with Crippen LogP contribution in [0.15, 0.2) is 73.2 Å². The SMILES string of the molecule is C=C/C(=C\C=C(/C)c1cnc2cnc(-c3ccc(C(O)N4CCN(C)CC4)cc3)cn12)C(F)F. The minimum absolute atomic E-state index is 0.130. The summed E-state index contributed by atoms with van der Waals surface area (Å²) in [6, 6.07) is 7.75. The number of aromatic nitrogens is 3. The van der Waals surface area contributed by atoms with E-state index in [9.17, 15) is 13.9 Å². The number of likely N-dealkylation sites (N-methyl/N-ethyl adjacent to an activating group) is 1. The summed E-state index contributed by atoms with van der Waals surface area (Å²) < 4.78 is 27.8. The summed E-state index contributed by atoms with van der Waals surface area (Å²) in [5.74, 6) is 0. The molecule has 1 fully saturated rings. The van der Waals surface area contributed by atoms with Crippen LogP contribution in [0.25, 0.3) is 22.5 Å². The standard InChI is InChI=1S/C26H29F2N5O/c1-4-19(25(27)28)6-5-18(2)23-15-30-24-16-29-22(17-33(23)24)20-7-9-21(10-8-20)26(34)32-13-11-31(3)12-14-32/h4-10,15-17,25-26,34H,1,11-14H2,2-3H3/b18-5+,19-6+. The molecule has 1 aliphatic rings. The highest BCUT2D eigenvalue weighted by Crippen LogP contribution is 2.25. The minimum atomic E-state index is -2.57. The van der Waals surface area contributed by atoms with Crippen molar-refractivity contribution in [3.05, 3.63) is 84.5 Å². The third-order valence-corrected chi connectivity index (χ3v) is 6.20. The van der Waals surface area contributed by atoms with Gasteiger partial charge in [0.2, 0.25) is 0 Å². The van der Waals surface area contributed by atoms with Crippen molar-refractivity contribution in [3.8, 4) is 11.3 Å². The normalized spacial score (nSPS) is 17.5. The first kappa shape index (κ1) is 23.9. The van der Waals surface area contributed by atoms with Crippen LogP contribution in [0.4, 0.5) is 8.78 Å². The van der Waals surface area contributed by atoms with Crippen LogP contribution < -0.4 is 0 Å². The van der Waals surface area contributed by atoms with Gasteiger partial charge in [-0.05, 0) is 25.1 Å². The fourth-order valence-corrected chi connectivity index (χ4v) is 3.97. The number of hydrogen-bond donors (Lipinski definition) is 1. The summed E-state index contributed by atoms with van der Waals surface area (Å²) in [4.78, 5) is 13.2. The van der Waals surface area contributed by atoms with Gasteiger partial charge in [-0.1, -0.05) is 49.1 Å². The number of hydrogen-bond acceptors (Lipinski definition) is 5. The molecule has 1 unspecified atom stereocenters. The number of piperazine rings is 1. The molecular weight excluding hydrogens is 436 g/mol. The molecule has 0 spiro atoms. The zero-order chi connectivity index (χ0) is 24.2. The molecule has 3 heterocycles. The number of nitrogens with zero attached hydrogens (tertiary/aromatic N) is 5. The van der Waals surface area contributed by atoms with E-state index in [0.717, 1.165) is 60.3 Å². The lowest BCUT2D eigenvalue weighted by Crippen LogP contribution is -2.45. The Bertz CT molecular complexity index is 1210. The topological polar surface area (TPSA) is 56.9 Å². The molecule has 4 rings (SSSR count). The quantitative estimate of drug-likeness (QED) is 0.524. The maximum Gasteiger partial charge on any atom is 0.263 e. The number of aliphatic hydroxyl groups is 1. The molecule has 1 atom stereocenters. The van der Waals surface area contributed by atoms with Crippen LogP contribution in [-0.4, -0.2) is 68.9 Å². The predicted molar refractivity (Wildman–Crippen MR) is 130 cm³/mol. The first-order chi connectivity index (χ1) is 16.4. The number of allylic oxidation sites excluding steroid dienone is 5. The van der Waals surface area contributed by atoms with Crippen molar-refractivity contribution >= 4 is 11.2 Å². The van der Waals surface area contributed by atoms with Crippen molar-refractivity contribution in [2.45, 2.75) is 19.6 Å². The Hall–Kier alpha value is -3.20. The molecule has 178 valence electrons. The van der Waals surface area contributed by atoms with Gasteiger partial charge >= 0.3 is 0 Å². The zero-order valence-corrected chi connectivity index (χ0v) is 19.4. The smallest absolute Gasteiger partial charge is 0.263 e. The van der Waals surface area contributed by atoms with E-state index in [1.807, 2.05) is 41.8 Å². The van der Waals surface area contributed by atoms with Crippen LogP contribution in [0.3, 0.4) is 0 Å². The van der Waals surface area contributed by atoms with Gasteiger partial charge in [0, 0.05) is 43.5 Å². The van der Waals surface area contributed by atoms with Crippen molar-refractivity contribution in [2.24, 2.45) is 0 Å². The Labute approximate surface area is 198 Å². The molecule has 1 saturated heterocycles. The summed E-state index contributed by atoms with van der Waals surface area (Å²) in [5.41, 5.74) is 4.61. The van der Waals surface area contributed by atoms with Crippen molar-refractivity contribution in [2.75, 3.05) is 33.2 Å². The predicted octanol–water partition coefficient (Wildman–Crippen LogP) is 4.42. The first-order valence-electron chi connectivity index (χ1n) is 11.2. The summed E-state index contributed by atoms with van der Waals surface area (Å²) >= 11 is 0. The second-order valence-corrected chi connectivity index (χ2v) is 8.50. The maximum absolute atomic E-state index is 13.0. The Kier molecular flexibility index (Phi) is 7.31. The van der Waals surface area contributed by atoms with Crippen LogP contribution in [-0.2, 0) is 0 Å². The van der Waals surface area contributed by atoms with Gasteiger partial charge in [-0.25, -0.2) is 13.8 Å². The molecular formula is C26H29F2N5O. The largest absolute Gasteiger partial charge is 0.374 e. The average molecular weight is 466 g/mol. The van der Waals surface area contributed by atoms with E-state index in [1.165, 1.54) is 6.08 Å². The second kappa shape index (κ2) is 10.4. The summed E-state index contributed by atoms with van der Waals surface area (Å²) in [6.07, 6.45) is 6.24. The Morgan fingerprint density at radius 1 is 1.06 bits per heavy atom. The Morgan fingerprint density at radius 3 is 2.41 bits per heavy atom.